The van der Waals surface area contributed by atoms with Crippen LogP contribution in [0.25, 0.3) is 10.9 Å². The number of hydrogen-bond acceptors (Lipinski definition) is 16. The molecule has 1 aliphatic carbocycles. The monoisotopic (exact) mass is 1010 g/mol. The Morgan fingerprint density at radius 3 is 2.53 bits per heavy atom. The van der Waals surface area contributed by atoms with Gasteiger partial charge in [0.15, 0.2) is 23.7 Å². The first kappa shape index (κ1) is 50.5. The first-order valence-corrected chi connectivity index (χ1v) is 25.2. The minimum atomic E-state index is -2.60. The molecule has 1 amide bonds. The molecule has 4 unspecified atom stereocenters. The lowest BCUT2D eigenvalue weighted by Crippen LogP contribution is -2.81. The highest BCUT2D eigenvalue weighted by atomic mass is 16.6. The second kappa shape index (κ2) is 18.7. The second-order valence-electron chi connectivity index (χ2n) is 21.0. The van der Waals surface area contributed by atoms with Gasteiger partial charge in [0, 0.05) is 111 Å². The zero-order valence-electron chi connectivity index (χ0n) is 42.1. The normalized spacial score (nSPS) is 33.2. The van der Waals surface area contributed by atoms with Gasteiger partial charge in [-0.1, -0.05) is 44.2 Å². The number of methoxy groups -OCH3 is 2. The fourth-order valence-corrected chi connectivity index (χ4v) is 14.4. The van der Waals surface area contributed by atoms with Gasteiger partial charge in [-0.3, -0.25) is 33.7 Å². The van der Waals surface area contributed by atoms with E-state index in [2.05, 4.69) is 42.4 Å². The number of hydrogen-bond donors (Lipinski definition) is 6. The quantitative estimate of drug-likeness (QED) is 0.0348. The SMILES string of the molecule is CC[C@]1(O)C[C@@H]2CN(CCc3c([nH]c4ccccc34)[C@@](OC(C)=O)(c3cc4c(cc3OC)N(C)C3C45CCN4CC=C[C@](CC)(C45)[C@@H](O)[C@]3(O)C(=O)N/N=C/[C@H](O[C@H](C=O)COC)n3ccc(=O)[nH]c3=O)C2)C1. The number of anilines is 1. The van der Waals surface area contributed by atoms with E-state index < -0.39 is 81.3 Å². The average molecular weight is 1010 g/mol. The molecule has 1 spiro atoms. The zero-order chi connectivity index (χ0) is 51.8. The maximum atomic E-state index is 15.3. The molecule has 10 rings (SSSR count). The van der Waals surface area contributed by atoms with Crippen LogP contribution in [-0.4, -0.2) is 160 Å². The van der Waals surface area contributed by atoms with E-state index in [0.29, 0.717) is 100 Å². The highest BCUT2D eigenvalue weighted by Gasteiger charge is 2.79. The van der Waals surface area contributed by atoms with Crippen LogP contribution in [0.4, 0.5) is 5.69 Å². The number of para-hydroxylation sites is 1. The van der Waals surface area contributed by atoms with Gasteiger partial charge >= 0.3 is 11.7 Å². The molecule has 2 aromatic heterocycles. The van der Waals surface area contributed by atoms with Crippen molar-refractivity contribution in [2.75, 3.05) is 65.5 Å². The molecule has 6 aliphatic rings. The van der Waals surface area contributed by atoms with E-state index in [-0.39, 0.29) is 12.5 Å². The molecule has 4 aromatic rings. The van der Waals surface area contributed by atoms with Crippen LogP contribution in [0.3, 0.4) is 0 Å². The van der Waals surface area contributed by atoms with Crippen molar-refractivity contribution < 1.29 is 48.7 Å². The molecule has 0 radical (unpaired) electrons. The number of likely N-dealkylation sites (N-methyl/N-ethyl adjacent to an activating group) is 1. The number of aliphatic hydroxyl groups excluding tert-OH is 1. The van der Waals surface area contributed by atoms with Crippen molar-refractivity contribution in [2.24, 2.45) is 16.4 Å². The molecule has 73 heavy (non-hydrogen) atoms. The van der Waals surface area contributed by atoms with E-state index in [1.807, 2.05) is 55.2 Å². The smallest absolute Gasteiger partial charge is 0.330 e. The fourth-order valence-electron chi connectivity index (χ4n) is 14.4. The molecule has 390 valence electrons. The maximum absolute atomic E-state index is 15.3. The summed E-state index contributed by atoms with van der Waals surface area (Å²) < 4.78 is 25.2. The Hall–Kier alpha value is -6.00. The summed E-state index contributed by atoms with van der Waals surface area (Å²) in [6.07, 6.45) is 4.92. The number of benzene rings is 2. The summed E-state index contributed by atoms with van der Waals surface area (Å²) in [4.78, 5) is 78.6. The Bertz CT molecular complexity index is 3010. The third-order valence-electron chi connectivity index (χ3n) is 17.2. The first-order valence-electron chi connectivity index (χ1n) is 25.2. The molecule has 6 N–H and O–H groups in total. The molecule has 2 bridgehead atoms. The molecular weight excluding hydrogens is 941 g/mol. The minimum absolute atomic E-state index is 0.142. The first-order chi connectivity index (χ1) is 35.0. The standard InChI is InChI=1S/C53H66N8O12/c1-7-49(68)24-32-25-52(73-31(3)63,43-35(14-19-59(27-32)30-49)34-12-9-10-13-38(34)55-43)37-22-36-39(23-40(37)71-6)58(4)45-51(36)17-21-60-18-11-16-50(8-2,44(51)60)46(65)53(45,69)47(66)57-54-26-42(72-33(28-62)29-70-5)61-20-15-41(64)56-48(61)67/h9-13,15-16,20,22-23,26,28,32-33,42,44-46,55,65,68-69H,7-8,14,17-19,21,24-25,27,29-30H2,1-6H3,(H,57,66)(H,56,64,67)/b54-26+/t32-,33+,42-,44?,45?,46+,49-,50+,51?,52-,53-/m0/s1. The Balaban J connectivity index is 1.15. The van der Waals surface area contributed by atoms with Gasteiger partial charge in [-0.05, 0) is 67.8 Å². The number of nitrogens with zero attached hydrogens (tertiary/aromatic N) is 5. The predicted molar refractivity (Wildman–Crippen MR) is 268 cm³/mol. The van der Waals surface area contributed by atoms with Gasteiger partial charge in [0.05, 0.1) is 37.3 Å². The predicted octanol–water partition coefficient (Wildman–Crippen LogP) is 1.98. The lowest BCUT2D eigenvalue weighted by Gasteiger charge is -2.63. The summed E-state index contributed by atoms with van der Waals surface area (Å²) in [6.45, 7) is 8.13. The molecule has 2 saturated heterocycles. The molecular formula is C53H66N8O12. The van der Waals surface area contributed by atoms with Crippen LogP contribution >= 0.6 is 0 Å². The Labute approximate surface area is 421 Å². The Morgan fingerprint density at radius 2 is 1.82 bits per heavy atom. The molecule has 7 heterocycles. The number of nitrogens with one attached hydrogen (secondary N) is 3. The van der Waals surface area contributed by atoms with Gasteiger partial charge in [0.25, 0.3) is 11.5 Å². The van der Waals surface area contributed by atoms with Crippen molar-refractivity contribution >= 4 is 41.0 Å². The lowest BCUT2D eigenvalue weighted by molar-refractivity contribution is -0.203. The van der Waals surface area contributed by atoms with Crippen molar-refractivity contribution in [3.8, 4) is 5.75 Å². The summed E-state index contributed by atoms with van der Waals surface area (Å²) in [5, 5.41) is 43.9. The van der Waals surface area contributed by atoms with E-state index in [1.165, 1.54) is 14.0 Å². The summed E-state index contributed by atoms with van der Waals surface area (Å²) in [5.74, 6) is -1.31. The molecule has 2 aromatic carbocycles. The molecule has 3 fully saturated rings. The minimum Gasteiger partial charge on any atom is -0.496 e. The Kier molecular flexibility index (Phi) is 13.0. The van der Waals surface area contributed by atoms with Crippen LogP contribution in [0.5, 0.6) is 5.75 Å². The summed E-state index contributed by atoms with van der Waals surface area (Å²) >= 11 is 0. The number of aromatic amines is 2. The number of rotatable bonds is 14. The number of carbonyl (C=O) groups excluding carboxylic acids is 3. The van der Waals surface area contributed by atoms with Gasteiger partial charge in [-0.15, -0.1) is 0 Å². The maximum Gasteiger partial charge on any atom is 0.330 e. The van der Waals surface area contributed by atoms with Crippen LogP contribution in [0.1, 0.15) is 81.5 Å². The fraction of sp³-hybridized carbons (Fsp3) is 0.547. The van der Waals surface area contributed by atoms with Crippen LogP contribution in [-0.2, 0) is 46.0 Å². The number of esters is 1. The number of ether oxygens (including phenoxy) is 4. The highest BCUT2D eigenvalue weighted by Crippen LogP contribution is 2.67. The van der Waals surface area contributed by atoms with Crippen molar-refractivity contribution in [1.82, 2.24) is 29.8 Å². The largest absolute Gasteiger partial charge is 0.496 e. The highest BCUT2D eigenvalue weighted by molar-refractivity contribution is 5.91. The van der Waals surface area contributed by atoms with E-state index >= 15 is 4.79 Å². The number of aromatic nitrogens is 3. The van der Waals surface area contributed by atoms with E-state index in [4.69, 9.17) is 18.9 Å². The molecule has 20 heteroatoms. The number of amides is 1. The van der Waals surface area contributed by atoms with Gasteiger partial charge in [-0.2, -0.15) is 5.10 Å². The van der Waals surface area contributed by atoms with Gasteiger partial charge in [0.1, 0.15) is 18.0 Å². The lowest BCUT2D eigenvalue weighted by atomic mass is 9.47. The molecule has 5 aliphatic heterocycles. The van der Waals surface area contributed by atoms with Crippen LogP contribution < -0.4 is 26.3 Å². The van der Waals surface area contributed by atoms with Crippen molar-refractivity contribution in [3.63, 3.8) is 0 Å². The molecule has 20 nitrogen and oxygen atoms in total. The van der Waals surface area contributed by atoms with Gasteiger partial charge in [-0.25, -0.2) is 10.2 Å². The number of hydrazone groups is 1. The van der Waals surface area contributed by atoms with E-state index in [1.54, 1.807) is 14.2 Å². The topological polar surface area (TPSA) is 254 Å². The molecule has 12 atom stereocenters. The van der Waals surface area contributed by atoms with Gasteiger partial charge < -0.3 is 48.9 Å². The third kappa shape index (κ3) is 7.73. The summed E-state index contributed by atoms with van der Waals surface area (Å²) in [6, 6.07) is 11.5. The van der Waals surface area contributed by atoms with E-state index in [0.717, 1.165) is 45.1 Å². The van der Waals surface area contributed by atoms with Crippen molar-refractivity contribution in [2.45, 2.75) is 112 Å². The number of fused-ring (bicyclic) bond motifs is 6. The number of H-pyrrole nitrogens is 2. The van der Waals surface area contributed by atoms with Crippen molar-refractivity contribution in [3.05, 3.63) is 104 Å². The van der Waals surface area contributed by atoms with E-state index in [9.17, 15) is 34.5 Å². The molecule has 1 saturated carbocycles. The summed E-state index contributed by atoms with van der Waals surface area (Å²) in [5.41, 5.74) is -1.85. The zero-order valence-corrected chi connectivity index (χ0v) is 42.1. The number of carbonyl (C=O) groups is 3. The van der Waals surface area contributed by atoms with Crippen LogP contribution in [0, 0.1) is 11.3 Å². The third-order valence-corrected chi connectivity index (χ3v) is 17.2. The number of aliphatic hydroxyl groups is 3. The summed E-state index contributed by atoms with van der Waals surface area (Å²) in [7, 11) is 4.71. The second-order valence-corrected chi connectivity index (χ2v) is 21.0. The Morgan fingerprint density at radius 1 is 1.03 bits per heavy atom. The van der Waals surface area contributed by atoms with Gasteiger partial charge in [0.2, 0.25) is 0 Å². The van der Waals surface area contributed by atoms with Crippen LogP contribution in [0.15, 0.2) is 75.5 Å². The average Bonchev–Trinajstić information content (AvgIpc) is 4.03. The van der Waals surface area contributed by atoms with Crippen molar-refractivity contribution in [1.29, 1.82) is 0 Å². The number of aldehydes is 1. The number of piperidine rings is 1. The van der Waals surface area contributed by atoms with Crippen LogP contribution in [0.2, 0.25) is 0 Å².